The van der Waals surface area contributed by atoms with E-state index in [1.807, 2.05) is 18.9 Å². The molecule has 1 saturated carbocycles. The minimum Gasteiger partial charge on any atom is -0.354 e. The van der Waals surface area contributed by atoms with Crippen LogP contribution in [0.4, 0.5) is 0 Å². The van der Waals surface area contributed by atoms with Gasteiger partial charge in [-0.2, -0.15) is 0 Å². The van der Waals surface area contributed by atoms with Gasteiger partial charge >= 0.3 is 0 Å². The highest BCUT2D eigenvalue weighted by atomic mass is 127. The van der Waals surface area contributed by atoms with Gasteiger partial charge in [-0.3, -0.25) is 9.79 Å². The third-order valence-electron chi connectivity index (χ3n) is 4.32. The lowest BCUT2D eigenvalue weighted by Crippen LogP contribution is -2.42. The molecule has 1 aromatic rings. The zero-order valence-electron chi connectivity index (χ0n) is 15.4. The Balaban J connectivity index is 0.00000312. The van der Waals surface area contributed by atoms with Gasteiger partial charge < -0.3 is 15.5 Å². The molecule has 1 aromatic heterocycles. The van der Waals surface area contributed by atoms with E-state index in [0.29, 0.717) is 25.4 Å². The van der Waals surface area contributed by atoms with Crippen molar-refractivity contribution in [3.8, 4) is 0 Å². The first-order chi connectivity index (χ1) is 11.6. The third-order valence-corrected chi connectivity index (χ3v) is 5.14. The number of carbonyl (C=O) groups excluding carboxylic acids is 1. The maximum atomic E-state index is 11.9. The van der Waals surface area contributed by atoms with E-state index in [-0.39, 0.29) is 29.9 Å². The normalized spacial score (nSPS) is 14.9. The molecule has 142 valence electrons. The van der Waals surface area contributed by atoms with E-state index in [9.17, 15) is 4.79 Å². The molecule has 2 rings (SSSR count). The van der Waals surface area contributed by atoms with E-state index in [1.165, 1.54) is 25.7 Å². The standard InChI is InChI=1S/C17H29N5OS.HI/c1-13-21-15(12-24-13)11-22(3)17(18-2)20-9-8-19-16(23)10-14-6-4-5-7-14;/h12,14H,4-11H2,1-3H3,(H,18,20)(H,19,23);1H. The first-order valence-corrected chi connectivity index (χ1v) is 9.56. The molecule has 1 heterocycles. The minimum atomic E-state index is 0. The second-order valence-corrected chi connectivity index (χ2v) is 7.45. The average molecular weight is 479 g/mol. The van der Waals surface area contributed by atoms with Crippen LogP contribution in [0.25, 0.3) is 0 Å². The lowest BCUT2D eigenvalue weighted by atomic mass is 10.0. The third kappa shape index (κ3) is 7.89. The van der Waals surface area contributed by atoms with Gasteiger partial charge in [0.2, 0.25) is 5.91 Å². The topological polar surface area (TPSA) is 69.6 Å². The number of halogens is 1. The summed E-state index contributed by atoms with van der Waals surface area (Å²) in [6, 6.07) is 0. The quantitative estimate of drug-likeness (QED) is 0.273. The van der Waals surface area contributed by atoms with Crippen LogP contribution in [0.5, 0.6) is 0 Å². The van der Waals surface area contributed by atoms with Crippen molar-refractivity contribution >= 4 is 47.2 Å². The molecule has 0 aromatic carbocycles. The largest absolute Gasteiger partial charge is 0.354 e. The van der Waals surface area contributed by atoms with Gasteiger partial charge in [0, 0.05) is 39.0 Å². The maximum absolute atomic E-state index is 11.9. The van der Waals surface area contributed by atoms with E-state index < -0.39 is 0 Å². The van der Waals surface area contributed by atoms with Crippen LogP contribution < -0.4 is 10.6 Å². The van der Waals surface area contributed by atoms with E-state index in [2.05, 4.69) is 26.0 Å². The number of nitrogens with zero attached hydrogens (tertiary/aromatic N) is 3. The fourth-order valence-electron chi connectivity index (χ4n) is 3.11. The smallest absolute Gasteiger partial charge is 0.220 e. The van der Waals surface area contributed by atoms with Crippen molar-refractivity contribution in [3.63, 3.8) is 0 Å². The molecule has 1 amide bonds. The zero-order chi connectivity index (χ0) is 17.4. The van der Waals surface area contributed by atoms with Gasteiger partial charge in [0.05, 0.1) is 17.2 Å². The molecular weight excluding hydrogens is 449 g/mol. The number of hydrogen-bond acceptors (Lipinski definition) is 4. The monoisotopic (exact) mass is 479 g/mol. The Kier molecular flexibility index (Phi) is 10.3. The Morgan fingerprint density at radius 3 is 2.64 bits per heavy atom. The predicted octanol–water partition coefficient (Wildman–Crippen LogP) is 2.77. The Morgan fingerprint density at radius 1 is 1.36 bits per heavy atom. The molecule has 6 nitrogen and oxygen atoms in total. The first kappa shape index (κ1) is 22.1. The van der Waals surface area contributed by atoms with Crippen molar-refractivity contribution in [1.82, 2.24) is 20.5 Å². The second kappa shape index (κ2) is 11.7. The number of aromatic nitrogens is 1. The molecule has 0 unspecified atom stereocenters. The molecule has 0 atom stereocenters. The average Bonchev–Trinajstić information content (AvgIpc) is 3.19. The molecule has 25 heavy (non-hydrogen) atoms. The molecule has 0 spiro atoms. The van der Waals surface area contributed by atoms with Gasteiger partial charge in [0.1, 0.15) is 0 Å². The number of rotatable bonds is 7. The van der Waals surface area contributed by atoms with Crippen LogP contribution in [0.15, 0.2) is 10.4 Å². The van der Waals surface area contributed by atoms with Gasteiger partial charge in [0.25, 0.3) is 0 Å². The van der Waals surface area contributed by atoms with Crippen molar-refractivity contribution in [2.45, 2.75) is 45.6 Å². The maximum Gasteiger partial charge on any atom is 0.220 e. The Labute approximate surface area is 171 Å². The fraction of sp³-hybridized carbons (Fsp3) is 0.706. The Morgan fingerprint density at radius 2 is 2.04 bits per heavy atom. The summed E-state index contributed by atoms with van der Waals surface area (Å²) in [6.07, 6.45) is 5.65. The zero-order valence-corrected chi connectivity index (χ0v) is 18.5. The van der Waals surface area contributed by atoms with Crippen molar-refractivity contribution in [2.24, 2.45) is 10.9 Å². The van der Waals surface area contributed by atoms with E-state index in [1.54, 1.807) is 18.4 Å². The number of guanidine groups is 1. The van der Waals surface area contributed by atoms with Crippen LogP contribution >= 0.6 is 35.3 Å². The summed E-state index contributed by atoms with van der Waals surface area (Å²) in [7, 11) is 3.76. The highest BCUT2D eigenvalue weighted by Crippen LogP contribution is 2.27. The van der Waals surface area contributed by atoms with Crippen LogP contribution in [0.1, 0.15) is 42.8 Å². The lowest BCUT2D eigenvalue weighted by molar-refractivity contribution is -0.121. The van der Waals surface area contributed by atoms with Gasteiger partial charge in [-0.05, 0) is 25.7 Å². The summed E-state index contributed by atoms with van der Waals surface area (Å²) in [5.41, 5.74) is 1.05. The summed E-state index contributed by atoms with van der Waals surface area (Å²) >= 11 is 1.66. The van der Waals surface area contributed by atoms with E-state index in [4.69, 9.17) is 0 Å². The van der Waals surface area contributed by atoms with Gasteiger partial charge in [-0.25, -0.2) is 4.98 Å². The number of thiazole rings is 1. The summed E-state index contributed by atoms with van der Waals surface area (Å²) < 4.78 is 0. The number of carbonyl (C=O) groups is 1. The number of aliphatic imine (C=N–C) groups is 1. The highest BCUT2D eigenvalue weighted by molar-refractivity contribution is 14.0. The predicted molar refractivity (Wildman–Crippen MR) is 115 cm³/mol. The van der Waals surface area contributed by atoms with E-state index in [0.717, 1.165) is 23.2 Å². The van der Waals surface area contributed by atoms with Crippen LogP contribution in [0.3, 0.4) is 0 Å². The number of aryl methyl sites for hydroxylation is 1. The van der Waals surface area contributed by atoms with Crippen molar-refractivity contribution in [2.75, 3.05) is 27.2 Å². The molecular formula is C17H30IN5OS. The highest BCUT2D eigenvalue weighted by Gasteiger charge is 2.18. The van der Waals surface area contributed by atoms with Crippen molar-refractivity contribution < 1.29 is 4.79 Å². The molecule has 0 bridgehead atoms. The fourth-order valence-corrected chi connectivity index (χ4v) is 3.71. The lowest BCUT2D eigenvalue weighted by Gasteiger charge is -2.21. The molecule has 1 aliphatic carbocycles. The summed E-state index contributed by atoms with van der Waals surface area (Å²) in [4.78, 5) is 22.7. The van der Waals surface area contributed by atoms with Gasteiger partial charge in [-0.15, -0.1) is 35.3 Å². The van der Waals surface area contributed by atoms with Gasteiger partial charge in [-0.1, -0.05) is 12.8 Å². The summed E-state index contributed by atoms with van der Waals surface area (Å²) in [6.45, 7) is 4.02. The molecule has 0 radical (unpaired) electrons. The van der Waals surface area contributed by atoms with Gasteiger partial charge in [0.15, 0.2) is 5.96 Å². The van der Waals surface area contributed by atoms with Crippen molar-refractivity contribution in [3.05, 3.63) is 16.1 Å². The molecule has 8 heteroatoms. The summed E-state index contributed by atoms with van der Waals surface area (Å²) in [5.74, 6) is 1.58. The molecule has 1 fully saturated rings. The van der Waals surface area contributed by atoms with E-state index >= 15 is 0 Å². The minimum absolute atomic E-state index is 0. The van der Waals surface area contributed by atoms with Crippen LogP contribution in [0, 0.1) is 12.8 Å². The van der Waals surface area contributed by atoms with Crippen LogP contribution in [0.2, 0.25) is 0 Å². The SMILES string of the molecule is CN=C(NCCNC(=O)CC1CCCC1)N(C)Cc1csc(C)n1.I. The number of nitrogens with one attached hydrogen (secondary N) is 2. The summed E-state index contributed by atoms with van der Waals surface area (Å²) in [5, 5.41) is 9.42. The first-order valence-electron chi connectivity index (χ1n) is 8.68. The van der Waals surface area contributed by atoms with Crippen molar-refractivity contribution in [1.29, 1.82) is 0 Å². The molecule has 0 aliphatic heterocycles. The molecule has 0 saturated heterocycles. The second-order valence-electron chi connectivity index (χ2n) is 6.39. The van der Waals surface area contributed by atoms with Crippen LogP contribution in [-0.2, 0) is 11.3 Å². The molecule has 1 aliphatic rings. The van der Waals surface area contributed by atoms with Crippen LogP contribution in [-0.4, -0.2) is 48.9 Å². The number of hydrogen-bond donors (Lipinski definition) is 2. The Hall–Kier alpha value is -0.900. The number of amides is 1. The molecule has 2 N–H and O–H groups in total. The Bertz CT molecular complexity index is 557.